The molecule has 0 spiro atoms. The van der Waals surface area contributed by atoms with E-state index < -0.39 is 0 Å². The quantitative estimate of drug-likeness (QED) is 0.483. The van der Waals surface area contributed by atoms with Gasteiger partial charge in [-0.2, -0.15) is 0 Å². The van der Waals surface area contributed by atoms with Crippen LogP contribution in [0.2, 0.25) is 0 Å². The first-order valence-corrected chi connectivity index (χ1v) is 0. The van der Waals surface area contributed by atoms with E-state index in [1.54, 1.807) is 0 Å². The molecule has 5 heteroatoms. The predicted octanol–water partition coefficient (Wildman–Crippen LogP) is -0.129. The van der Waals surface area contributed by atoms with Gasteiger partial charge in [0.15, 0.2) is 0 Å². The Kier molecular flexibility index (Phi) is 219. The maximum atomic E-state index is 0. The van der Waals surface area contributed by atoms with Gasteiger partial charge in [0.05, 0.1) is 0 Å². The van der Waals surface area contributed by atoms with Crippen LogP contribution in [0.1, 0.15) is 0 Å². The number of rotatable bonds is 0. The molecule has 1 nitrogen and oxygen atoms in total. The molecule has 5 heavy (non-hydrogen) atoms. The summed E-state index contributed by atoms with van der Waals surface area (Å²) in [5, 5.41) is 0. The van der Waals surface area contributed by atoms with Crippen LogP contribution in [0.5, 0.6) is 0 Å². The Morgan fingerprint density at radius 3 is 1.00 bits per heavy atom. The third kappa shape index (κ3) is 18.9. The summed E-state index contributed by atoms with van der Waals surface area (Å²) >= 11 is 0. The van der Waals surface area contributed by atoms with Crippen LogP contribution < -0.4 is 0 Å². The van der Waals surface area contributed by atoms with Crippen molar-refractivity contribution in [3.63, 3.8) is 0 Å². The molecule has 0 aliphatic carbocycles. The van der Waals surface area contributed by atoms with Crippen LogP contribution >= 0.6 is 0 Å². The zero-order chi connectivity index (χ0) is 0. The smallest absolute Gasteiger partial charge is 2.00 e. The Balaban J connectivity index is 0. The SMILES string of the molecule is [Nb+5].[O-2].[Ta+5].[Ti+4].[Y+3]. The van der Waals surface area contributed by atoms with Gasteiger partial charge < -0.3 is 5.48 Å². The van der Waals surface area contributed by atoms with Gasteiger partial charge in [-0.1, -0.05) is 0 Å². The minimum absolute atomic E-state index is 0. The summed E-state index contributed by atoms with van der Waals surface area (Å²) in [6.45, 7) is 0. The molecule has 0 unspecified atom stereocenters. The van der Waals surface area contributed by atoms with Crippen molar-refractivity contribution in [2.24, 2.45) is 0 Å². The minimum atomic E-state index is 0. The fourth-order valence-corrected chi connectivity index (χ4v) is 0. The predicted molar refractivity (Wildman–Crippen MR) is 0.686 cm³/mol. The number of hydrogen-bond donors (Lipinski definition) is 0. The van der Waals surface area contributed by atoms with Crippen LogP contribution in [0.4, 0.5) is 0 Å². The summed E-state index contributed by atoms with van der Waals surface area (Å²) in [5.41, 5.74) is 0. The van der Waals surface area contributed by atoms with E-state index >= 15 is 0 Å². The molecule has 0 N–H and O–H groups in total. The Bertz CT molecular complexity index is 11.6. The summed E-state index contributed by atoms with van der Waals surface area (Å²) in [5.74, 6) is 0. The van der Waals surface area contributed by atoms with E-state index in [4.69, 9.17) is 0 Å². The van der Waals surface area contributed by atoms with Crippen molar-refractivity contribution in [2.45, 2.75) is 0 Å². The molecule has 0 atom stereocenters. The molecule has 8 valence electrons. The van der Waals surface area contributed by atoms with E-state index in [9.17, 15) is 0 Å². The molecule has 0 aromatic heterocycles. The summed E-state index contributed by atoms with van der Waals surface area (Å²) in [4.78, 5) is 0. The summed E-state index contributed by atoms with van der Waals surface area (Å²) < 4.78 is 0. The van der Waals surface area contributed by atoms with E-state index in [-0.39, 0.29) is 105 Å². The minimum Gasteiger partial charge on any atom is -2.00 e. The summed E-state index contributed by atoms with van der Waals surface area (Å²) in [6, 6.07) is 0. The average molecular weight is 427 g/mol. The van der Waals surface area contributed by atoms with Gasteiger partial charge in [-0.05, 0) is 0 Å². The van der Waals surface area contributed by atoms with Gasteiger partial charge >= 0.3 is 99.2 Å². The zero-order valence-corrected chi connectivity index (χ0v) is 12.2. The molecular weight excluding hydrogens is 427 g/mol. The molecule has 0 saturated heterocycles. The van der Waals surface area contributed by atoms with E-state index in [0.29, 0.717) is 0 Å². The fourth-order valence-electron chi connectivity index (χ4n) is 0. The molecule has 0 aromatic rings. The molecule has 0 fully saturated rings. The first-order chi connectivity index (χ1) is 0. The van der Waals surface area contributed by atoms with Crippen molar-refractivity contribution in [3.8, 4) is 0 Å². The second kappa shape index (κ2) is 26.8. The van der Waals surface area contributed by atoms with Gasteiger partial charge in [0.2, 0.25) is 0 Å². The van der Waals surface area contributed by atoms with Gasteiger partial charge in [0.25, 0.3) is 0 Å². The van der Waals surface area contributed by atoms with Crippen molar-refractivity contribution in [1.29, 1.82) is 0 Å². The molecule has 0 saturated carbocycles. The topological polar surface area (TPSA) is 28.5 Å². The van der Waals surface area contributed by atoms with Gasteiger partial charge in [-0.25, -0.2) is 0 Å². The molecule has 0 radical (unpaired) electrons. The molecule has 0 aromatic carbocycles. The molecule has 0 bridgehead atoms. The second-order valence-electron chi connectivity index (χ2n) is 0. The second-order valence-corrected chi connectivity index (χ2v) is 0. The standard InChI is InChI=1S/Nb.O.Ta.Ti.Y/q+5;-2;+5;+4;+3. The van der Waals surface area contributed by atoms with Gasteiger partial charge in [-0.3, -0.25) is 0 Å². The van der Waals surface area contributed by atoms with Crippen molar-refractivity contribution < 1.29 is 105 Å². The van der Waals surface area contributed by atoms with Crippen molar-refractivity contribution >= 4 is 0 Å². The van der Waals surface area contributed by atoms with Crippen molar-refractivity contribution in [2.75, 3.05) is 0 Å². The largest absolute Gasteiger partial charge is 5.00 e. The fraction of sp³-hybridized carbons (Fsp3) is 0. The van der Waals surface area contributed by atoms with E-state index in [1.807, 2.05) is 0 Å². The molecule has 0 rings (SSSR count). The normalized spacial score (nSPS) is 0. The third-order valence-corrected chi connectivity index (χ3v) is 0. The van der Waals surface area contributed by atoms with Crippen LogP contribution in [0.15, 0.2) is 0 Å². The first kappa shape index (κ1) is 41.0. The summed E-state index contributed by atoms with van der Waals surface area (Å²) in [6.07, 6.45) is 0. The van der Waals surface area contributed by atoms with Gasteiger partial charge in [0.1, 0.15) is 0 Å². The van der Waals surface area contributed by atoms with Crippen molar-refractivity contribution in [1.82, 2.24) is 0 Å². The third-order valence-electron chi connectivity index (χ3n) is 0. The van der Waals surface area contributed by atoms with Crippen molar-refractivity contribution in [3.05, 3.63) is 0 Å². The first-order valence-electron chi connectivity index (χ1n) is 0. The summed E-state index contributed by atoms with van der Waals surface area (Å²) in [7, 11) is 0. The monoisotopic (exact) mass is 427 g/mol. The maximum absolute atomic E-state index is 0. The zero-order valence-electron chi connectivity index (χ0n) is 2.38. The average Bonchev–Trinajstić information content (AvgIpc) is 0. The van der Waals surface area contributed by atoms with Gasteiger partial charge in [0, 0.05) is 0 Å². The van der Waals surface area contributed by atoms with Crippen LogP contribution in [0, 0.1) is 0 Å². The van der Waals surface area contributed by atoms with E-state index in [2.05, 4.69) is 0 Å². The Labute approximate surface area is 103 Å². The molecule has 0 amide bonds. The van der Waals surface area contributed by atoms with Crippen LogP contribution in [0.3, 0.4) is 0 Å². The van der Waals surface area contributed by atoms with E-state index in [1.165, 1.54) is 0 Å². The Hall–Kier alpha value is 3.26. The molecule has 0 aliphatic heterocycles. The number of hydrogen-bond acceptors (Lipinski definition) is 0. The Morgan fingerprint density at radius 1 is 1.00 bits per heavy atom. The molecule has 0 heterocycles. The van der Waals surface area contributed by atoms with Gasteiger partial charge in [-0.15, -0.1) is 0 Å². The van der Waals surface area contributed by atoms with E-state index in [0.717, 1.165) is 0 Å². The van der Waals surface area contributed by atoms with Crippen LogP contribution in [0.25, 0.3) is 0 Å². The molecular formula is NbOTaTiY+15. The molecule has 0 aliphatic rings. The van der Waals surface area contributed by atoms with Crippen LogP contribution in [-0.4, -0.2) is 0 Å². The Morgan fingerprint density at radius 2 is 1.00 bits per heavy atom. The van der Waals surface area contributed by atoms with Crippen LogP contribution in [-0.2, 0) is 105 Å². The maximum Gasteiger partial charge on any atom is 5.00 e.